The molecular weight excluding hydrogens is 240 g/mol. The van der Waals surface area contributed by atoms with Crippen LogP contribution in [0.4, 0.5) is 0 Å². The van der Waals surface area contributed by atoms with Crippen LogP contribution < -0.4 is 9.47 Å². The van der Waals surface area contributed by atoms with E-state index in [1.54, 1.807) is 7.11 Å². The van der Waals surface area contributed by atoms with Crippen molar-refractivity contribution >= 4 is 5.97 Å². The van der Waals surface area contributed by atoms with Crippen molar-refractivity contribution in [1.82, 2.24) is 0 Å². The van der Waals surface area contributed by atoms with Crippen molar-refractivity contribution in [3.05, 3.63) is 47.5 Å². The molecule has 3 heteroatoms. The van der Waals surface area contributed by atoms with Crippen LogP contribution in [-0.4, -0.2) is 13.1 Å². The van der Waals surface area contributed by atoms with Gasteiger partial charge in [0.2, 0.25) is 0 Å². The largest absolute Gasteiger partial charge is 0.497 e. The van der Waals surface area contributed by atoms with E-state index in [1.807, 2.05) is 43.3 Å². The second-order valence-corrected chi connectivity index (χ2v) is 4.67. The number of benzene rings is 2. The number of carbonyl (C=O) groups is 1. The van der Waals surface area contributed by atoms with Crippen molar-refractivity contribution in [1.29, 1.82) is 0 Å². The summed E-state index contributed by atoms with van der Waals surface area (Å²) in [6.07, 6.45) is 0.264. The Balaban J connectivity index is 2.23. The first-order chi connectivity index (χ1) is 9.17. The zero-order valence-electron chi connectivity index (χ0n) is 10.9. The van der Waals surface area contributed by atoms with E-state index in [-0.39, 0.29) is 12.4 Å². The molecule has 3 nitrogen and oxygen atoms in total. The standard InChI is InChI=1S/C16H14O3/c1-10-3-5-14-13-6-4-12(18-2)8-11(13)9-16(17)19-15(14)7-10/h3-8H,9H2,1-2H3. The van der Waals surface area contributed by atoms with E-state index in [1.165, 1.54) is 0 Å². The number of hydrogen-bond acceptors (Lipinski definition) is 3. The van der Waals surface area contributed by atoms with Crippen molar-refractivity contribution in [2.45, 2.75) is 13.3 Å². The van der Waals surface area contributed by atoms with Crippen molar-refractivity contribution in [2.75, 3.05) is 7.11 Å². The van der Waals surface area contributed by atoms with Crippen LogP contribution in [0.5, 0.6) is 11.5 Å². The van der Waals surface area contributed by atoms with E-state index in [2.05, 4.69) is 0 Å². The fourth-order valence-corrected chi connectivity index (χ4v) is 2.36. The van der Waals surface area contributed by atoms with Gasteiger partial charge in [-0.15, -0.1) is 0 Å². The maximum atomic E-state index is 11.9. The molecular formula is C16H14O3. The molecule has 0 saturated heterocycles. The third-order valence-electron chi connectivity index (χ3n) is 3.30. The quantitative estimate of drug-likeness (QED) is 0.579. The number of methoxy groups -OCH3 is 1. The number of ether oxygens (including phenoxy) is 2. The fraction of sp³-hybridized carbons (Fsp3) is 0.188. The average Bonchev–Trinajstić information content (AvgIpc) is 2.52. The summed E-state index contributed by atoms with van der Waals surface area (Å²) in [5.41, 5.74) is 3.99. The van der Waals surface area contributed by atoms with Crippen LogP contribution in [0.15, 0.2) is 36.4 Å². The normalized spacial score (nSPS) is 13.1. The van der Waals surface area contributed by atoms with Gasteiger partial charge in [-0.25, -0.2) is 0 Å². The van der Waals surface area contributed by atoms with E-state index in [9.17, 15) is 4.79 Å². The van der Waals surface area contributed by atoms with Crippen LogP contribution >= 0.6 is 0 Å². The predicted molar refractivity (Wildman–Crippen MR) is 72.5 cm³/mol. The summed E-state index contributed by atoms with van der Waals surface area (Å²) < 4.78 is 10.6. The summed E-state index contributed by atoms with van der Waals surface area (Å²) in [5.74, 6) is 1.15. The number of esters is 1. The molecule has 0 bridgehead atoms. The molecule has 1 heterocycles. The highest BCUT2D eigenvalue weighted by Crippen LogP contribution is 2.37. The van der Waals surface area contributed by atoms with E-state index in [0.717, 1.165) is 28.0 Å². The second-order valence-electron chi connectivity index (χ2n) is 4.67. The van der Waals surface area contributed by atoms with Gasteiger partial charge in [-0.1, -0.05) is 18.2 Å². The molecule has 0 unspecified atom stereocenters. The van der Waals surface area contributed by atoms with Crippen LogP contribution in [-0.2, 0) is 11.2 Å². The summed E-state index contributed by atoms with van der Waals surface area (Å²) in [7, 11) is 1.62. The molecule has 1 aliphatic heterocycles. The molecule has 0 saturated carbocycles. The third-order valence-corrected chi connectivity index (χ3v) is 3.30. The molecule has 0 atom stereocenters. The first-order valence-corrected chi connectivity index (χ1v) is 6.16. The molecule has 96 valence electrons. The first kappa shape index (κ1) is 11.8. The molecule has 2 aromatic rings. The third kappa shape index (κ3) is 2.08. The van der Waals surface area contributed by atoms with Gasteiger partial charge in [0.1, 0.15) is 11.5 Å². The summed E-state index contributed by atoms with van der Waals surface area (Å²) in [6.45, 7) is 1.98. The Bertz CT molecular complexity index is 659. The Morgan fingerprint density at radius 1 is 1.11 bits per heavy atom. The van der Waals surface area contributed by atoms with E-state index in [0.29, 0.717) is 5.75 Å². The van der Waals surface area contributed by atoms with Gasteiger partial charge in [-0.3, -0.25) is 4.79 Å². The van der Waals surface area contributed by atoms with E-state index in [4.69, 9.17) is 9.47 Å². The van der Waals surface area contributed by atoms with Gasteiger partial charge in [-0.2, -0.15) is 0 Å². The molecule has 1 aliphatic rings. The van der Waals surface area contributed by atoms with Crippen LogP contribution in [0.2, 0.25) is 0 Å². The van der Waals surface area contributed by atoms with Crippen LogP contribution in [0.1, 0.15) is 11.1 Å². The lowest BCUT2D eigenvalue weighted by atomic mass is 9.97. The highest BCUT2D eigenvalue weighted by atomic mass is 16.5. The van der Waals surface area contributed by atoms with Gasteiger partial charge in [0.25, 0.3) is 0 Å². The smallest absolute Gasteiger partial charge is 0.315 e. The minimum Gasteiger partial charge on any atom is -0.497 e. The van der Waals surface area contributed by atoms with Crippen LogP contribution in [0.25, 0.3) is 11.1 Å². The molecule has 0 radical (unpaired) electrons. The number of hydrogen-bond donors (Lipinski definition) is 0. The zero-order valence-corrected chi connectivity index (χ0v) is 10.9. The molecule has 0 fully saturated rings. The Kier molecular flexibility index (Phi) is 2.75. The number of fused-ring (bicyclic) bond motifs is 3. The Hall–Kier alpha value is -2.29. The molecule has 0 spiro atoms. The summed E-state index contributed by atoms with van der Waals surface area (Å²) in [4.78, 5) is 11.9. The van der Waals surface area contributed by atoms with Crippen molar-refractivity contribution in [3.63, 3.8) is 0 Å². The monoisotopic (exact) mass is 254 g/mol. The number of carbonyl (C=O) groups excluding carboxylic acids is 1. The Morgan fingerprint density at radius 3 is 2.68 bits per heavy atom. The summed E-state index contributed by atoms with van der Waals surface area (Å²) in [6, 6.07) is 11.7. The molecule has 0 amide bonds. The molecule has 0 N–H and O–H groups in total. The minimum absolute atomic E-state index is 0.237. The van der Waals surface area contributed by atoms with Crippen molar-refractivity contribution in [2.24, 2.45) is 0 Å². The molecule has 2 aromatic carbocycles. The van der Waals surface area contributed by atoms with Gasteiger partial charge < -0.3 is 9.47 Å². The average molecular weight is 254 g/mol. The van der Waals surface area contributed by atoms with E-state index < -0.39 is 0 Å². The first-order valence-electron chi connectivity index (χ1n) is 6.16. The second kappa shape index (κ2) is 4.43. The topological polar surface area (TPSA) is 35.5 Å². The fourth-order valence-electron chi connectivity index (χ4n) is 2.36. The van der Waals surface area contributed by atoms with Crippen molar-refractivity contribution in [3.8, 4) is 22.6 Å². The molecule has 0 aliphatic carbocycles. The number of rotatable bonds is 1. The summed E-state index contributed by atoms with van der Waals surface area (Å²) in [5, 5.41) is 0. The minimum atomic E-state index is -0.237. The molecule has 3 rings (SSSR count). The maximum absolute atomic E-state index is 11.9. The SMILES string of the molecule is COc1ccc2c(c1)CC(=O)Oc1cc(C)ccc1-2. The van der Waals surface area contributed by atoms with Crippen LogP contribution in [0.3, 0.4) is 0 Å². The molecule has 0 aromatic heterocycles. The lowest BCUT2D eigenvalue weighted by Gasteiger charge is -2.09. The number of aryl methyl sites for hydroxylation is 1. The van der Waals surface area contributed by atoms with Crippen LogP contribution in [0, 0.1) is 6.92 Å². The van der Waals surface area contributed by atoms with Gasteiger partial charge in [-0.05, 0) is 41.8 Å². The van der Waals surface area contributed by atoms with Crippen molar-refractivity contribution < 1.29 is 14.3 Å². The highest BCUT2D eigenvalue weighted by Gasteiger charge is 2.20. The van der Waals surface area contributed by atoms with E-state index >= 15 is 0 Å². The predicted octanol–water partition coefficient (Wildman–Crippen LogP) is 3.13. The van der Waals surface area contributed by atoms with Gasteiger partial charge in [0.15, 0.2) is 0 Å². The van der Waals surface area contributed by atoms with Gasteiger partial charge in [0.05, 0.1) is 13.5 Å². The highest BCUT2D eigenvalue weighted by molar-refractivity contribution is 5.86. The Labute approximate surface area is 111 Å². The Morgan fingerprint density at radius 2 is 1.89 bits per heavy atom. The summed E-state index contributed by atoms with van der Waals surface area (Å²) >= 11 is 0. The zero-order chi connectivity index (χ0) is 13.4. The lowest BCUT2D eigenvalue weighted by Crippen LogP contribution is -2.09. The maximum Gasteiger partial charge on any atom is 0.315 e. The lowest BCUT2D eigenvalue weighted by molar-refractivity contribution is -0.133. The molecule has 19 heavy (non-hydrogen) atoms. The van der Waals surface area contributed by atoms with Gasteiger partial charge >= 0.3 is 5.97 Å². The van der Waals surface area contributed by atoms with Gasteiger partial charge in [0, 0.05) is 5.56 Å².